The number of carbonyl (C=O) groups is 1. The monoisotopic (exact) mass is 279 g/mol. The van der Waals surface area contributed by atoms with E-state index in [0.29, 0.717) is 13.1 Å². The lowest BCUT2D eigenvalue weighted by molar-refractivity contribution is -0.121. The van der Waals surface area contributed by atoms with Crippen LogP contribution in [0.3, 0.4) is 0 Å². The van der Waals surface area contributed by atoms with Crippen molar-refractivity contribution >= 4 is 28.5 Å². The normalized spacial score (nSPS) is 9.83. The molecule has 12 heavy (non-hydrogen) atoms. The lowest BCUT2D eigenvalue weighted by Crippen LogP contribution is -2.27. The van der Waals surface area contributed by atoms with Crippen LogP contribution < -0.4 is 5.32 Å². The zero-order chi connectivity index (χ0) is 8.97. The summed E-state index contributed by atoms with van der Waals surface area (Å²) in [5.74, 6) is -0.00278. The summed E-state index contributed by atoms with van der Waals surface area (Å²) in [7, 11) is 0. The van der Waals surface area contributed by atoms with Crippen LogP contribution >= 0.6 is 22.6 Å². The average Bonchev–Trinajstić information content (AvgIpc) is 2.36. The van der Waals surface area contributed by atoms with Crippen LogP contribution in [0.2, 0.25) is 0 Å². The van der Waals surface area contributed by atoms with Gasteiger partial charge in [0.05, 0.1) is 9.77 Å². The fraction of sp³-hybridized carbons (Fsp3) is 0.429. The molecule has 0 fully saturated rings. The van der Waals surface area contributed by atoms with E-state index in [1.807, 2.05) is 13.1 Å². The van der Waals surface area contributed by atoms with Crippen molar-refractivity contribution in [3.8, 4) is 0 Å². The predicted molar refractivity (Wildman–Crippen MR) is 53.6 cm³/mol. The van der Waals surface area contributed by atoms with Gasteiger partial charge in [0.2, 0.25) is 5.91 Å². The Bertz CT molecular complexity index is 271. The number of amides is 1. The SMILES string of the molecule is CCNC(=O)Cn1cc(I)cn1. The van der Waals surface area contributed by atoms with E-state index in [1.54, 1.807) is 10.9 Å². The Morgan fingerprint density at radius 2 is 2.58 bits per heavy atom. The van der Waals surface area contributed by atoms with Gasteiger partial charge in [0, 0.05) is 12.7 Å². The Hall–Kier alpha value is -0.590. The van der Waals surface area contributed by atoms with Gasteiger partial charge < -0.3 is 5.32 Å². The Balaban J connectivity index is 2.46. The van der Waals surface area contributed by atoms with E-state index < -0.39 is 0 Å². The zero-order valence-corrected chi connectivity index (χ0v) is 8.91. The fourth-order valence-electron chi connectivity index (χ4n) is 0.825. The van der Waals surface area contributed by atoms with Crippen molar-refractivity contribution in [2.24, 2.45) is 0 Å². The number of hydrogen-bond acceptors (Lipinski definition) is 2. The molecule has 0 unspecified atom stereocenters. The van der Waals surface area contributed by atoms with Crippen molar-refractivity contribution in [1.82, 2.24) is 15.1 Å². The molecule has 66 valence electrons. The molecule has 0 saturated heterocycles. The minimum absolute atomic E-state index is 0.00278. The van der Waals surface area contributed by atoms with Crippen LogP contribution in [-0.4, -0.2) is 22.2 Å². The van der Waals surface area contributed by atoms with Crippen molar-refractivity contribution in [3.05, 3.63) is 16.0 Å². The average molecular weight is 279 g/mol. The van der Waals surface area contributed by atoms with E-state index >= 15 is 0 Å². The quantitative estimate of drug-likeness (QED) is 0.825. The summed E-state index contributed by atoms with van der Waals surface area (Å²) in [6.45, 7) is 2.86. The third kappa shape index (κ3) is 2.80. The van der Waals surface area contributed by atoms with Gasteiger partial charge in [0.25, 0.3) is 0 Å². The molecule has 4 nitrogen and oxygen atoms in total. The van der Waals surface area contributed by atoms with Crippen LogP contribution in [0.5, 0.6) is 0 Å². The summed E-state index contributed by atoms with van der Waals surface area (Å²) < 4.78 is 2.66. The minimum atomic E-state index is -0.00278. The molecule has 0 aromatic carbocycles. The maximum absolute atomic E-state index is 11.0. The highest BCUT2D eigenvalue weighted by Gasteiger charge is 2.01. The molecular weight excluding hydrogens is 269 g/mol. The van der Waals surface area contributed by atoms with E-state index in [1.165, 1.54) is 0 Å². The van der Waals surface area contributed by atoms with Gasteiger partial charge in [-0.2, -0.15) is 5.10 Å². The maximum atomic E-state index is 11.0. The van der Waals surface area contributed by atoms with Gasteiger partial charge >= 0.3 is 0 Å². The first-order valence-corrected chi connectivity index (χ1v) is 4.75. The number of nitrogens with one attached hydrogen (secondary N) is 1. The fourth-order valence-corrected chi connectivity index (χ4v) is 1.27. The molecule has 0 spiro atoms. The number of hydrogen-bond donors (Lipinski definition) is 1. The summed E-state index contributed by atoms with van der Waals surface area (Å²) in [4.78, 5) is 11.0. The third-order valence-corrected chi connectivity index (χ3v) is 1.84. The van der Waals surface area contributed by atoms with Crippen LogP contribution in [-0.2, 0) is 11.3 Å². The molecule has 0 saturated carbocycles. The largest absolute Gasteiger partial charge is 0.355 e. The molecule has 1 N–H and O–H groups in total. The summed E-state index contributed by atoms with van der Waals surface area (Å²) in [5.41, 5.74) is 0. The second kappa shape index (κ2) is 4.44. The molecule has 0 aliphatic rings. The molecule has 0 atom stereocenters. The summed E-state index contributed by atoms with van der Waals surface area (Å²) in [6.07, 6.45) is 3.55. The molecule has 0 bridgehead atoms. The molecule has 1 aromatic heterocycles. The van der Waals surface area contributed by atoms with E-state index in [9.17, 15) is 4.79 Å². The van der Waals surface area contributed by atoms with Gasteiger partial charge in [-0.1, -0.05) is 0 Å². The molecule has 1 rings (SSSR count). The summed E-state index contributed by atoms with van der Waals surface area (Å²) in [6, 6.07) is 0. The van der Waals surface area contributed by atoms with Gasteiger partial charge in [0.15, 0.2) is 0 Å². The molecule has 1 amide bonds. The number of aromatic nitrogens is 2. The van der Waals surface area contributed by atoms with Crippen molar-refractivity contribution in [2.45, 2.75) is 13.5 Å². The number of halogens is 1. The maximum Gasteiger partial charge on any atom is 0.241 e. The van der Waals surface area contributed by atoms with Gasteiger partial charge in [0.1, 0.15) is 6.54 Å². The smallest absolute Gasteiger partial charge is 0.241 e. The Morgan fingerprint density at radius 1 is 1.83 bits per heavy atom. The standard InChI is InChI=1S/C7H10IN3O/c1-2-9-7(12)5-11-4-6(8)3-10-11/h3-4H,2,5H2,1H3,(H,9,12). The highest BCUT2D eigenvalue weighted by Crippen LogP contribution is 2.00. The van der Waals surface area contributed by atoms with Gasteiger partial charge in [-0.25, -0.2) is 0 Å². The Morgan fingerprint density at radius 3 is 3.08 bits per heavy atom. The Kier molecular flexibility index (Phi) is 3.51. The molecular formula is C7H10IN3O. The van der Waals surface area contributed by atoms with E-state index in [4.69, 9.17) is 0 Å². The van der Waals surface area contributed by atoms with Gasteiger partial charge in [-0.3, -0.25) is 9.48 Å². The highest BCUT2D eigenvalue weighted by molar-refractivity contribution is 14.1. The first kappa shape index (κ1) is 9.50. The first-order valence-electron chi connectivity index (χ1n) is 3.67. The van der Waals surface area contributed by atoms with Gasteiger partial charge in [-0.05, 0) is 29.5 Å². The van der Waals surface area contributed by atoms with Crippen LogP contribution in [0.4, 0.5) is 0 Å². The second-order valence-corrected chi connectivity index (χ2v) is 3.56. The zero-order valence-electron chi connectivity index (χ0n) is 6.75. The van der Waals surface area contributed by atoms with E-state index in [2.05, 4.69) is 33.0 Å². The summed E-state index contributed by atoms with van der Waals surface area (Å²) >= 11 is 2.15. The van der Waals surface area contributed by atoms with Crippen molar-refractivity contribution in [2.75, 3.05) is 6.54 Å². The molecule has 1 heterocycles. The van der Waals surface area contributed by atoms with Crippen LogP contribution in [0.15, 0.2) is 12.4 Å². The lowest BCUT2D eigenvalue weighted by atomic mass is 10.5. The van der Waals surface area contributed by atoms with Crippen LogP contribution in [0.25, 0.3) is 0 Å². The van der Waals surface area contributed by atoms with Crippen molar-refractivity contribution in [3.63, 3.8) is 0 Å². The second-order valence-electron chi connectivity index (χ2n) is 2.31. The van der Waals surface area contributed by atoms with Crippen LogP contribution in [0.1, 0.15) is 6.92 Å². The molecule has 1 aromatic rings. The number of likely N-dealkylation sites (N-methyl/N-ethyl adjacent to an activating group) is 1. The van der Waals surface area contributed by atoms with Crippen molar-refractivity contribution < 1.29 is 4.79 Å². The third-order valence-electron chi connectivity index (χ3n) is 1.28. The molecule has 0 radical (unpaired) electrons. The summed E-state index contributed by atoms with van der Waals surface area (Å²) in [5, 5.41) is 6.69. The topological polar surface area (TPSA) is 46.9 Å². The highest BCUT2D eigenvalue weighted by atomic mass is 127. The minimum Gasteiger partial charge on any atom is -0.355 e. The molecule has 5 heteroatoms. The molecule has 0 aliphatic carbocycles. The van der Waals surface area contributed by atoms with E-state index in [-0.39, 0.29) is 5.91 Å². The predicted octanol–water partition coefficient (Wildman–Crippen LogP) is 0.624. The molecule has 0 aliphatic heterocycles. The van der Waals surface area contributed by atoms with E-state index in [0.717, 1.165) is 3.57 Å². The lowest BCUT2D eigenvalue weighted by Gasteiger charge is -2.00. The van der Waals surface area contributed by atoms with Crippen molar-refractivity contribution in [1.29, 1.82) is 0 Å². The van der Waals surface area contributed by atoms with Gasteiger partial charge in [-0.15, -0.1) is 0 Å². The first-order chi connectivity index (χ1) is 5.72. The Labute approximate surface area is 84.5 Å². The number of nitrogens with zero attached hydrogens (tertiary/aromatic N) is 2. The number of carbonyl (C=O) groups excluding carboxylic acids is 1. The van der Waals surface area contributed by atoms with Crippen LogP contribution in [0, 0.1) is 3.57 Å². The number of rotatable bonds is 3.